The van der Waals surface area contributed by atoms with Gasteiger partial charge in [-0.3, -0.25) is 9.59 Å². The molecule has 0 radical (unpaired) electrons. The molecule has 0 unspecified atom stereocenters. The highest BCUT2D eigenvalue weighted by molar-refractivity contribution is 8.00. The van der Waals surface area contributed by atoms with E-state index in [0.717, 1.165) is 10.5 Å². The van der Waals surface area contributed by atoms with Crippen LogP contribution in [0.3, 0.4) is 0 Å². The molecular formula is C18H18Cl2N2O2S. The normalized spacial score (nSPS) is 10.4. The van der Waals surface area contributed by atoms with Crippen LogP contribution in [0.5, 0.6) is 0 Å². The Bertz CT molecular complexity index is 797. The minimum Gasteiger partial charge on any atom is -0.346 e. The molecule has 7 heteroatoms. The van der Waals surface area contributed by atoms with Crippen LogP contribution in [0.15, 0.2) is 41.3 Å². The SMILES string of the molecule is Cc1ccc(SCC(=O)NCC(=O)Nc2cc(Cl)ccc2Cl)c(C)c1. The minimum atomic E-state index is -0.367. The molecule has 132 valence electrons. The van der Waals surface area contributed by atoms with Crippen molar-refractivity contribution in [1.82, 2.24) is 5.32 Å². The molecule has 0 aromatic heterocycles. The van der Waals surface area contributed by atoms with E-state index < -0.39 is 0 Å². The first-order valence-corrected chi connectivity index (χ1v) is 9.31. The molecule has 0 aliphatic rings. The van der Waals surface area contributed by atoms with Crippen LogP contribution in [0.1, 0.15) is 11.1 Å². The van der Waals surface area contributed by atoms with Crippen LogP contribution in [0.4, 0.5) is 5.69 Å². The van der Waals surface area contributed by atoms with Gasteiger partial charge < -0.3 is 10.6 Å². The summed E-state index contributed by atoms with van der Waals surface area (Å²) < 4.78 is 0. The molecule has 0 atom stereocenters. The van der Waals surface area contributed by atoms with Gasteiger partial charge in [-0.1, -0.05) is 40.9 Å². The van der Waals surface area contributed by atoms with Gasteiger partial charge in [0.25, 0.3) is 0 Å². The second-order valence-corrected chi connectivity index (χ2v) is 7.37. The number of rotatable bonds is 6. The van der Waals surface area contributed by atoms with Crippen LogP contribution < -0.4 is 10.6 Å². The van der Waals surface area contributed by atoms with Crippen molar-refractivity contribution in [1.29, 1.82) is 0 Å². The van der Waals surface area contributed by atoms with E-state index >= 15 is 0 Å². The molecule has 2 N–H and O–H groups in total. The molecule has 2 aromatic rings. The van der Waals surface area contributed by atoms with Crippen LogP contribution in [-0.2, 0) is 9.59 Å². The van der Waals surface area contributed by atoms with Gasteiger partial charge in [0, 0.05) is 9.92 Å². The van der Waals surface area contributed by atoms with Crippen molar-refractivity contribution in [3.63, 3.8) is 0 Å². The summed E-state index contributed by atoms with van der Waals surface area (Å²) in [6.07, 6.45) is 0. The van der Waals surface area contributed by atoms with Gasteiger partial charge in [-0.25, -0.2) is 0 Å². The van der Waals surface area contributed by atoms with Gasteiger partial charge in [-0.05, 0) is 43.7 Å². The zero-order valence-electron chi connectivity index (χ0n) is 13.9. The summed E-state index contributed by atoms with van der Waals surface area (Å²) >= 11 is 13.3. The van der Waals surface area contributed by atoms with Crippen LogP contribution in [0.2, 0.25) is 10.0 Å². The lowest BCUT2D eigenvalue weighted by Gasteiger charge is -2.09. The Morgan fingerprint density at radius 3 is 2.52 bits per heavy atom. The summed E-state index contributed by atoms with van der Waals surface area (Å²) in [5.74, 6) is -0.332. The van der Waals surface area contributed by atoms with Crippen molar-refractivity contribution in [3.8, 4) is 0 Å². The lowest BCUT2D eigenvalue weighted by molar-refractivity contribution is -0.122. The molecule has 2 amide bonds. The number of halogens is 2. The summed E-state index contributed by atoms with van der Waals surface area (Å²) in [7, 11) is 0. The Kier molecular flexibility index (Phi) is 7.17. The fraction of sp³-hybridized carbons (Fsp3) is 0.222. The van der Waals surface area contributed by atoms with E-state index in [0.29, 0.717) is 15.7 Å². The summed E-state index contributed by atoms with van der Waals surface area (Å²) in [4.78, 5) is 24.9. The van der Waals surface area contributed by atoms with Crippen molar-refractivity contribution in [2.75, 3.05) is 17.6 Å². The fourth-order valence-corrected chi connectivity index (χ4v) is 3.30. The third kappa shape index (κ3) is 6.27. The second-order valence-electron chi connectivity index (χ2n) is 5.51. The van der Waals surface area contributed by atoms with Gasteiger partial charge in [0.05, 0.1) is 23.0 Å². The van der Waals surface area contributed by atoms with E-state index in [9.17, 15) is 9.59 Å². The number of aryl methyl sites for hydroxylation is 2. The maximum absolute atomic E-state index is 11.9. The highest BCUT2D eigenvalue weighted by Crippen LogP contribution is 2.25. The Hall–Kier alpha value is -1.69. The highest BCUT2D eigenvalue weighted by atomic mass is 35.5. The smallest absolute Gasteiger partial charge is 0.243 e. The molecule has 0 saturated carbocycles. The minimum absolute atomic E-state index is 0.130. The molecule has 0 fully saturated rings. The lowest BCUT2D eigenvalue weighted by atomic mass is 10.2. The summed E-state index contributed by atoms with van der Waals surface area (Å²) in [6.45, 7) is 3.91. The predicted molar refractivity (Wildman–Crippen MR) is 105 cm³/mol. The number of thioether (sulfide) groups is 1. The predicted octanol–water partition coefficient (Wildman–Crippen LogP) is 4.46. The van der Waals surface area contributed by atoms with Gasteiger partial charge in [0.15, 0.2) is 0 Å². The summed E-state index contributed by atoms with van der Waals surface area (Å²) in [6, 6.07) is 10.9. The molecule has 2 rings (SSSR count). The quantitative estimate of drug-likeness (QED) is 0.708. The van der Waals surface area contributed by atoms with E-state index in [1.165, 1.54) is 17.3 Å². The number of anilines is 1. The van der Waals surface area contributed by atoms with E-state index in [1.54, 1.807) is 18.2 Å². The molecule has 0 spiro atoms. The Morgan fingerprint density at radius 1 is 1.04 bits per heavy atom. The standard InChI is InChI=1S/C18H18Cl2N2O2S/c1-11-3-6-16(12(2)7-11)25-10-18(24)21-9-17(23)22-15-8-13(19)4-5-14(15)20/h3-8H,9-10H2,1-2H3,(H,21,24)(H,22,23). The first-order chi connectivity index (χ1) is 11.8. The fourth-order valence-electron chi connectivity index (χ4n) is 2.12. The topological polar surface area (TPSA) is 58.2 Å². The first kappa shape index (κ1) is 19.6. The number of hydrogen-bond acceptors (Lipinski definition) is 3. The maximum atomic E-state index is 11.9. The average Bonchev–Trinajstić information content (AvgIpc) is 2.55. The Morgan fingerprint density at radius 2 is 1.80 bits per heavy atom. The second kappa shape index (κ2) is 9.13. The van der Waals surface area contributed by atoms with Crippen molar-refractivity contribution in [3.05, 3.63) is 57.6 Å². The van der Waals surface area contributed by atoms with Crippen molar-refractivity contribution in [2.45, 2.75) is 18.7 Å². The molecule has 0 heterocycles. The lowest BCUT2D eigenvalue weighted by Crippen LogP contribution is -2.33. The van der Waals surface area contributed by atoms with E-state index in [4.69, 9.17) is 23.2 Å². The summed E-state index contributed by atoms with van der Waals surface area (Å²) in [5, 5.41) is 6.06. The van der Waals surface area contributed by atoms with Crippen LogP contribution in [-0.4, -0.2) is 24.1 Å². The summed E-state index contributed by atoms with van der Waals surface area (Å²) in [5.41, 5.74) is 2.73. The third-order valence-electron chi connectivity index (χ3n) is 3.34. The Labute approximate surface area is 161 Å². The van der Waals surface area contributed by atoms with Gasteiger partial charge in [-0.15, -0.1) is 11.8 Å². The first-order valence-electron chi connectivity index (χ1n) is 7.57. The zero-order chi connectivity index (χ0) is 18.4. The van der Waals surface area contributed by atoms with Crippen LogP contribution >= 0.6 is 35.0 Å². The van der Waals surface area contributed by atoms with E-state index in [2.05, 4.69) is 16.7 Å². The number of nitrogens with one attached hydrogen (secondary N) is 2. The van der Waals surface area contributed by atoms with Crippen molar-refractivity contribution in [2.24, 2.45) is 0 Å². The van der Waals surface area contributed by atoms with Crippen LogP contribution in [0, 0.1) is 13.8 Å². The molecule has 0 bridgehead atoms. The molecular weight excluding hydrogens is 379 g/mol. The number of amides is 2. The highest BCUT2D eigenvalue weighted by Gasteiger charge is 2.09. The van der Waals surface area contributed by atoms with Gasteiger partial charge in [-0.2, -0.15) is 0 Å². The molecule has 0 aliphatic heterocycles. The van der Waals surface area contributed by atoms with Gasteiger partial charge in [0.1, 0.15) is 0 Å². The molecule has 0 saturated heterocycles. The van der Waals surface area contributed by atoms with E-state index in [1.807, 2.05) is 26.0 Å². The maximum Gasteiger partial charge on any atom is 0.243 e. The molecule has 2 aromatic carbocycles. The van der Waals surface area contributed by atoms with Gasteiger partial charge >= 0.3 is 0 Å². The number of carbonyl (C=O) groups is 2. The van der Waals surface area contributed by atoms with Crippen molar-refractivity contribution >= 4 is 52.5 Å². The number of hydrogen-bond donors (Lipinski definition) is 2. The number of benzene rings is 2. The van der Waals surface area contributed by atoms with E-state index in [-0.39, 0.29) is 24.1 Å². The largest absolute Gasteiger partial charge is 0.346 e. The van der Waals surface area contributed by atoms with Crippen molar-refractivity contribution < 1.29 is 9.59 Å². The molecule has 0 aliphatic carbocycles. The average molecular weight is 397 g/mol. The molecule has 4 nitrogen and oxygen atoms in total. The van der Waals surface area contributed by atoms with Gasteiger partial charge in [0.2, 0.25) is 11.8 Å². The number of carbonyl (C=O) groups excluding carboxylic acids is 2. The zero-order valence-corrected chi connectivity index (χ0v) is 16.2. The molecule has 25 heavy (non-hydrogen) atoms. The van der Waals surface area contributed by atoms with Crippen LogP contribution in [0.25, 0.3) is 0 Å². The Balaban J connectivity index is 1.79. The third-order valence-corrected chi connectivity index (χ3v) is 5.08. The monoisotopic (exact) mass is 396 g/mol.